The zero-order valence-corrected chi connectivity index (χ0v) is 14.3. The Kier molecular flexibility index (Phi) is 5.71. The molecule has 1 fully saturated rings. The molecule has 0 bridgehead atoms. The summed E-state index contributed by atoms with van der Waals surface area (Å²) in [6.45, 7) is 6.40. The van der Waals surface area contributed by atoms with Crippen molar-refractivity contribution in [3.8, 4) is 0 Å². The Balaban J connectivity index is 2.00. The molecule has 1 aliphatic rings. The van der Waals surface area contributed by atoms with E-state index in [-0.39, 0.29) is 5.75 Å². The molecule has 1 aromatic rings. The van der Waals surface area contributed by atoms with Crippen molar-refractivity contribution in [2.45, 2.75) is 36.6 Å². The molecule has 1 heterocycles. The number of sulfone groups is 1. The molecule has 0 aromatic heterocycles. The van der Waals surface area contributed by atoms with Gasteiger partial charge in [-0.3, -0.25) is 4.90 Å². The molecule has 0 aliphatic carbocycles. The molecule has 1 aromatic carbocycles. The molecular formula is C15H24N2O2S2. The maximum atomic E-state index is 12.4. The van der Waals surface area contributed by atoms with Crippen LogP contribution in [0.15, 0.2) is 29.2 Å². The fourth-order valence-electron chi connectivity index (χ4n) is 2.50. The van der Waals surface area contributed by atoms with Crippen LogP contribution in [0.1, 0.15) is 19.4 Å². The Morgan fingerprint density at radius 1 is 1.29 bits per heavy atom. The Hall–Kier alpha value is -0.560. The molecule has 21 heavy (non-hydrogen) atoms. The molecule has 0 spiro atoms. The molecule has 4 nitrogen and oxygen atoms in total. The molecule has 6 heteroatoms. The monoisotopic (exact) mass is 328 g/mol. The second-order valence-corrected chi connectivity index (χ2v) is 9.11. The van der Waals surface area contributed by atoms with Crippen molar-refractivity contribution in [3.05, 3.63) is 29.8 Å². The van der Waals surface area contributed by atoms with Crippen molar-refractivity contribution in [2.24, 2.45) is 5.73 Å². The summed E-state index contributed by atoms with van der Waals surface area (Å²) in [5.41, 5.74) is 6.48. The van der Waals surface area contributed by atoms with Gasteiger partial charge in [-0.15, -0.1) is 0 Å². The fraction of sp³-hybridized carbons (Fsp3) is 0.600. The number of benzene rings is 1. The van der Waals surface area contributed by atoms with Gasteiger partial charge in [0.2, 0.25) is 0 Å². The van der Waals surface area contributed by atoms with E-state index in [1.165, 1.54) is 0 Å². The number of rotatable bonds is 5. The van der Waals surface area contributed by atoms with Gasteiger partial charge < -0.3 is 5.73 Å². The lowest BCUT2D eigenvalue weighted by atomic mass is 10.2. The topological polar surface area (TPSA) is 63.4 Å². The quantitative estimate of drug-likeness (QED) is 0.892. The first kappa shape index (κ1) is 16.8. The lowest BCUT2D eigenvalue weighted by molar-refractivity contribution is 0.225. The Morgan fingerprint density at radius 3 is 2.57 bits per heavy atom. The summed E-state index contributed by atoms with van der Waals surface area (Å²) in [6.07, 6.45) is 0. The van der Waals surface area contributed by atoms with E-state index < -0.39 is 9.84 Å². The van der Waals surface area contributed by atoms with Crippen molar-refractivity contribution in [2.75, 3.05) is 24.6 Å². The lowest BCUT2D eigenvalue weighted by Crippen LogP contribution is -2.46. The van der Waals surface area contributed by atoms with Crippen molar-refractivity contribution in [1.82, 2.24) is 4.90 Å². The standard InChI is InChI=1S/C15H24N2O2S2/c1-12-13(2)20-9-7-17(12)8-10-21(18,19)15-5-3-14(11-16)4-6-15/h3-6,12-13H,7-11,16H2,1-2H3. The van der Waals surface area contributed by atoms with Crippen molar-refractivity contribution >= 4 is 21.6 Å². The van der Waals surface area contributed by atoms with Crippen LogP contribution in [0, 0.1) is 0 Å². The summed E-state index contributed by atoms with van der Waals surface area (Å²) in [7, 11) is -3.21. The van der Waals surface area contributed by atoms with E-state index in [1.54, 1.807) is 24.3 Å². The fourth-order valence-corrected chi connectivity index (χ4v) is 4.92. The van der Waals surface area contributed by atoms with Gasteiger partial charge in [0.1, 0.15) is 0 Å². The van der Waals surface area contributed by atoms with Crippen molar-refractivity contribution in [1.29, 1.82) is 0 Å². The highest BCUT2D eigenvalue weighted by molar-refractivity contribution is 8.00. The number of thioether (sulfide) groups is 1. The molecular weight excluding hydrogens is 304 g/mol. The maximum absolute atomic E-state index is 12.4. The predicted octanol–water partition coefficient (Wildman–Crippen LogP) is 1.74. The Bertz CT molecular complexity index is 558. The molecule has 0 saturated carbocycles. The average Bonchev–Trinajstić information content (AvgIpc) is 2.49. The molecule has 2 N–H and O–H groups in total. The van der Waals surface area contributed by atoms with E-state index in [1.807, 2.05) is 11.8 Å². The third-order valence-corrected chi connectivity index (χ3v) is 7.23. The number of nitrogens with two attached hydrogens (primary N) is 1. The molecule has 118 valence electrons. The van der Waals surface area contributed by atoms with Crippen LogP contribution in [0.25, 0.3) is 0 Å². The minimum atomic E-state index is -3.21. The van der Waals surface area contributed by atoms with Gasteiger partial charge in [-0.2, -0.15) is 11.8 Å². The SMILES string of the molecule is CC1SCCN(CCS(=O)(=O)c2ccc(CN)cc2)C1C. The maximum Gasteiger partial charge on any atom is 0.179 e. The molecule has 0 amide bonds. The van der Waals surface area contributed by atoms with Crippen LogP contribution < -0.4 is 5.73 Å². The van der Waals surface area contributed by atoms with E-state index in [2.05, 4.69) is 18.7 Å². The normalized spacial score (nSPS) is 24.1. The number of nitrogens with zero attached hydrogens (tertiary/aromatic N) is 1. The second kappa shape index (κ2) is 7.13. The smallest absolute Gasteiger partial charge is 0.179 e. The van der Waals surface area contributed by atoms with Crippen LogP contribution in [0.2, 0.25) is 0 Å². The summed E-state index contributed by atoms with van der Waals surface area (Å²) in [5.74, 6) is 1.26. The van der Waals surface area contributed by atoms with Gasteiger partial charge in [0, 0.05) is 36.7 Å². The molecule has 2 atom stereocenters. The third kappa shape index (κ3) is 4.22. The van der Waals surface area contributed by atoms with Crippen molar-refractivity contribution in [3.63, 3.8) is 0 Å². The van der Waals surface area contributed by atoms with Crippen LogP contribution in [-0.2, 0) is 16.4 Å². The zero-order chi connectivity index (χ0) is 15.5. The van der Waals surface area contributed by atoms with Crippen LogP contribution in [0.3, 0.4) is 0 Å². The first-order chi connectivity index (χ1) is 9.94. The van der Waals surface area contributed by atoms with Crippen LogP contribution in [0.4, 0.5) is 0 Å². The van der Waals surface area contributed by atoms with E-state index in [0.29, 0.717) is 29.3 Å². The van der Waals surface area contributed by atoms with E-state index in [9.17, 15) is 8.42 Å². The van der Waals surface area contributed by atoms with Gasteiger partial charge in [-0.25, -0.2) is 8.42 Å². The molecule has 2 unspecified atom stereocenters. The molecule has 1 saturated heterocycles. The first-order valence-electron chi connectivity index (χ1n) is 7.31. The summed E-state index contributed by atoms with van der Waals surface area (Å²) < 4.78 is 24.8. The molecule has 1 aliphatic heterocycles. The highest BCUT2D eigenvalue weighted by Crippen LogP contribution is 2.24. The zero-order valence-electron chi connectivity index (χ0n) is 12.7. The highest BCUT2D eigenvalue weighted by atomic mass is 32.2. The third-order valence-electron chi connectivity index (χ3n) is 4.18. The van der Waals surface area contributed by atoms with E-state index in [4.69, 9.17) is 5.73 Å². The van der Waals surface area contributed by atoms with Gasteiger partial charge in [0.15, 0.2) is 9.84 Å². The average molecular weight is 329 g/mol. The summed E-state index contributed by atoms with van der Waals surface area (Å²) in [4.78, 5) is 2.68. The number of hydrogen-bond acceptors (Lipinski definition) is 5. The molecule has 0 radical (unpaired) electrons. The van der Waals surface area contributed by atoms with Gasteiger partial charge in [-0.05, 0) is 24.6 Å². The summed E-state index contributed by atoms with van der Waals surface area (Å²) >= 11 is 1.96. The van der Waals surface area contributed by atoms with Gasteiger partial charge in [-0.1, -0.05) is 19.1 Å². The Labute approximate surface area is 132 Å². The predicted molar refractivity (Wildman–Crippen MR) is 89.3 cm³/mol. The van der Waals surface area contributed by atoms with Gasteiger partial charge in [0.25, 0.3) is 0 Å². The first-order valence-corrected chi connectivity index (χ1v) is 10.0. The number of hydrogen-bond donors (Lipinski definition) is 1. The minimum absolute atomic E-state index is 0.177. The van der Waals surface area contributed by atoms with Crippen molar-refractivity contribution < 1.29 is 8.42 Å². The second-order valence-electron chi connectivity index (χ2n) is 5.52. The Morgan fingerprint density at radius 2 is 1.95 bits per heavy atom. The molecule has 2 rings (SSSR count). The van der Waals surface area contributed by atoms with Gasteiger partial charge >= 0.3 is 0 Å². The van der Waals surface area contributed by atoms with Crippen LogP contribution in [-0.4, -0.2) is 49.2 Å². The highest BCUT2D eigenvalue weighted by Gasteiger charge is 2.26. The lowest BCUT2D eigenvalue weighted by Gasteiger charge is -2.37. The van der Waals surface area contributed by atoms with Crippen LogP contribution in [0.5, 0.6) is 0 Å². The van der Waals surface area contributed by atoms with E-state index in [0.717, 1.165) is 17.9 Å². The minimum Gasteiger partial charge on any atom is -0.326 e. The largest absolute Gasteiger partial charge is 0.326 e. The summed E-state index contributed by atoms with van der Waals surface area (Å²) in [5, 5.41) is 0.560. The van der Waals surface area contributed by atoms with Crippen LogP contribution >= 0.6 is 11.8 Å². The van der Waals surface area contributed by atoms with Gasteiger partial charge in [0.05, 0.1) is 10.6 Å². The summed E-state index contributed by atoms with van der Waals surface area (Å²) in [6, 6.07) is 7.33. The van der Waals surface area contributed by atoms with E-state index >= 15 is 0 Å².